The molecule has 68 valence electrons. The average molecular weight is 178 g/mol. The van der Waals surface area contributed by atoms with Crippen molar-refractivity contribution in [1.29, 1.82) is 0 Å². The number of rotatable bonds is 2. The Morgan fingerprint density at radius 2 is 2.46 bits per heavy atom. The van der Waals surface area contributed by atoms with Crippen LogP contribution in [0.4, 0.5) is 0 Å². The molecule has 2 rings (SSSR count). The molecule has 1 atom stereocenters. The normalized spacial score (nSPS) is 13.1. The van der Waals surface area contributed by atoms with Gasteiger partial charge in [0.15, 0.2) is 6.10 Å². The first-order valence-electron chi connectivity index (χ1n) is 3.96. The molecule has 4 nitrogen and oxygen atoms in total. The van der Waals surface area contributed by atoms with Crippen molar-refractivity contribution in [2.24, 2.45) is 7.05 Å². The predicted octanol–water partition coefficient (Wildman–Crippen LogP) is 1.09. The smallest absolute Gasteiger partial charge is 0.153 e. The number of nitrogens with zero attached hydrogens (tertiary/aromatic N) is 2. The van der Waals surface area contributed by atoms with E-state index in [1.165, 1.54) is 6.26 Å². The molecule has 1 N–H and O–H groups in total. The van der Waals surface area contributed by atoms with E-state index in [1.54, 1.807) is 29.2 Å². The number of aliphatic hydroxyl groups is 1. The molecule has 0 saturated carbocycles. The maximum atomic E-state index is 9.80. The van der Waals surface area contributed by atoms with Crippen LogP contribution < -0.4 is 0 Å². The standard InChI is InChI=1S/C9H10N2O2/c1-11-6-10-5-7(11)9(12)8-3-2-4-13-8/h2-6,9,12H,1H3. The van der Waals surface area contributed by atoms with Crippen molar-refractivity contribution in [3.63, 3.8) is 0 Å². The molecule has 2 heterocycles. The van der Waals surface area contributed by atoms with Crippen molar-refractivity contribution in [3.8, 4) is 0 Å². The van der Waals surface area contributed by atoms with E-state index in [0.717, 1.165) is 5.69 Å². The SMILES string of the molecule is Cn1cncc1C(O)c1ccco1. The number of hydrogen-bond donors (Lipinski definition) is 1. The lowest BCUT2D eigenvalue weighted by molar-refractivity contribution is 0.181. The zero-order valence-electron chi connectivity index (χ0n) is 7.21. The lowest BCUT2D eigenvalue weighted by atomic mass is 10.2. The van der Waals surface area contributed by atoms with Gasteiger partial charge in [0, 0.05) is 7.05 Å². The van der Waals surface area contributed by atoms with E-state index in [9.17, 15) is 5.11 Å². The van der Waals surface area contributed by atoms with Crippen LogP contribution in [0.5, 0.6) is 0 Å². The minimum absolute atomic E-state index is 0.531. The van der Waals surface area contributed by atoms with Crippen molar-refractivity contribution < 1.29 is 9.52 Å². The molecule has 13 heavy (non-hydrogen) atoms. The summed E-state index contributed by atoms with van der Waals surface area (Å²) in [5.41, 5.74) is 0.718. The summed E-state index contributed by atoms with van der Waals surface area (Å²) in [5.74, 6) is 0.531. The highest BCUT2D eigenvalue weighted by Crippen LogP contribution is 2.20. The Morgan fingerprint density at radius 1 is 1.62 bits per heavy atom. The number of imidazole rings is 1. The summed E-state index contributed by atoms with van der Waals surface area (Å²) >= 11 is 0. The van der Waals surface area contributed by atoms with Gasteiger partial charge in [0.2, 0.25) is 0 Å². The van der Waals surface area contributed by atoms with Crippen LogP contribution in [-0.2, 0) is 7.05 Å². The minimum atomic E-state index is -0.734. The Bertz CT molecular complexity index is 378. The molecule has 0 fully saturated rings. The van der Waals surface area contributed by atoms with Crippen LogP contribution >= 0.6 is 0 Å². The second kappa shape index (κ2) is 3.06. The maximum Gasteiger partial charge on any atom is 0.153 e. The second-order valence-corrected chi connectivity index (χ2v) is 2.85. The predicted molar refractivity (Wildman–Crippen MR) is 46.0 cm³/mol. The van der Waals surface area contributed by atoms with Crippen LogP contribution in [0, 0.1) is 0 Å². The summed E-state index contributed by atoms with van der Waals surface area (Å²) in [6.45, 7) is 0. The fraction of sp³-hybridized carbons (Fsp3) is 0.222. The van der Waals surface area contributed by atoms with Gasteiger partial charge in [-0.2, -0.15) is 0 Å². The van der Waals surface area contributed by atoms with E-state index < -0.39 is 6.10 Å². The highest BCUT2D eigenvalue weighted by Gasteiger charge is 2.15. The van der Waals surface area contributed by atoms with E-state index in [2.05, 4.69) is 4.98 Å². The van der Waals surface area contributed by atoms with Crippen LogP contribution in [0.25, 0.3) is 0 Å². The van der Waals surface area contributed by atoms with Crippen LogP contribution in [0.1, 0.15) is 17.6 Å². The fourth-order valence-corrected chi connectivity index (χ4v) is 1.22. The number of aryl methyl sites for hydroxylation is 1. The zero-order valence-corrected chi connectivity index (χ0v) is 7.21. The van der Waals surface area contributed by atoms with Gasteiger partial charge >= 0.3 is 0 Å². The highest BCUT2D eigenvalue weighted by molar-refractivity contribution is 5.15. The summed E-state index contributed by atoms with van der Waals surface area (Å²) in [6, 6.07) is 3.48. The minimum Gasteiger partial charge on any atom is -0.466 e. The first-order chi connectivity index (χ1) is 6.29. The van der Waals surface area contributed by atoms with E-state index >= 15 is 0 Å². The Morgan fingerprint density at radius 3 is 3.00 bits per heavy atom. The number of hydrogen-bond acceptors (Lipinski definition) is 3. The molecule has 0 aliphatic rings. The summed E-state index contributed by atoms with van der Waals surface area (Å²) in [4.78, 5) is 3.91. The van der Waals surface area contributed by atoms with E-state index in [0.29, 0.717) is 5.76 Å². The third-order valence-electron chi connectivity index (χ3n) is 1.95. The van der Waals surface area contributed by atoms with Gasteiger partial charge in [0.1, 0.15) is 5.76 Å². The summed E-state index contributed by atoms with van der Waals surface area (Å²) in [7, 11) is 1.83. The molecule has 0 amide bonds. The van der Waals surface area contributed by atoms with Gasteiger partial charge < -0.3 is 14.1 Å². The molecular weight excluding hydrogens is 168 g/mol. The van der Waals surface area contributed by atoms with Crippen molar-refractivity contribution >= 4 is 0 Å². The van der Waals surface area contributed by atoms with Gasteiger partial charge in [-0.15, -0.1) is 0 Å². The topological polar surface area (TPSA) is 51.2 Å². The van der Waals surface area contributed by atoms with Crippen LogP contribution in [0.3, 0.4) is 0 Å². The van der Waals surface area contributed by atoms with Crippen LogP contribution in [0.15, 0.2) is 35.3 Å². The average Bonchev–Trinajstić information content (AvgIpc) is 2.72. The van der Waals surface area contributed by atoms with Crippen LogP contribution in [-0.4, -0.2) is 14.7 Å². The summed E-state index contributed by atoms with van der Waals surface area (Å²) in [5, 5.41) is 9.80. The van der Waals surface area contributed by atoms with Crippen molar-refractivity contribution in [3.05, 3.63) is 42.4 Å². The maximum absolute atomic E-state index is 9.80. The molecule has 0 radical (unpaired) electrons. The molecule has 0 aliphatic carbocycles. The van der Waals surface area contributed by atoms with E-state index in [-0.39, 0.29) is 0 Å². The molecule has 0 saturated heterocycles. The fourth-order valence-electron chi connectivity index (χ4n) is 1.22. The Labute approximate surface area is 75.4 Å². The van der Waals surface area contributed by atoms with E-state index in [4.69, 9.17) is 4.42 Å². The molecule has 2 aromatic heterocycles. The lowest BCUT2D eigenvalue weighted by Gasteiger charge is -2.07. The number of furan rings is 1. The quantitative estimate of drug-likeness (QED) is 0.749. The van der Waals surface area contributed by atoms with Crippen LogP contribution in [0.2, 0.25) is 0 Å². The van der Waals surface area contributed by atoms with Gasteiger partial charge in [0.05, 0.1) is 24.5 Å². The number of aliphatic hydroxyl groups excluding tert-OH is 1. The molecule has 4 heteroatoms. The molecule has 2 aromatic rings. The van der Waals surface area contributed by atoms with Crippen molar-refractivity contribution in [2.75, 3.05) is 0 Å². The van der Waals surface area contributed by atoms with Gasteiger partial charge in [-0.25, -0.2) is 4.98 Å². The third kappa shape index (κ3) is 1.36. The summed E-state index contributed by atoms with van der Waals surface area (Å²) < 4.78 is 6.84. The van der Waals surface area contributed by atoms with Gasteiger partial charge in [-0.3, -0.25) is 0 Å². The molecular formula is C9H10N2O2. The summed E-state index contributed by atoms with van der Waals surface area (Å²) in [6.07, 6.45) is 4.06. The third-order valence-corrected chi connectivity index (χ3v) is 1.95. The van der Waals surface area contributed by atoms with Crippen molar-refractivity contribution in [2.45, 2.75) is 6.10 Å². The molecule has 0 bridgehead atoms. The first-order valence-corrected chi connectivity index (χ1v) is 3.96. The number of aromatic nitrogens is 2. The monoisotopic (exact) mass is 178 g/mol. The molecule has 1 unspecified atom stereocenters. The Hall–Kier alpha value is -1.55. The largest absolute Gasteiger partial charge is 0.466 e. The highest BCUT2D eigenvalue weighted by atomic mass is 16.4. The Balaban J connectivity index is 2.33. The van der Waals surface area contributed by atoms with Crippen molar-refractivity contribution in [1.82, 2.24) is 9.55 Å². The first kappa shape index (κ1) is 8.07. The lowest BCUT2D eigenvalue weighted by Crippen LogP contribution is -2.03. The molecule has 0 spiro atoms. The van der Waals surface area contributed by atoms with Gasteiger partial charge in [0.25, 0.3) is 0 Å². The molecule has 0 aromatic carbocycles. The van der Waals surface area contributed by atoms with Gasteiger partial charge in [-0.05, 0) is 12.1 Å². The zero-order chi connectivity index (χ0) is 9.26. The van der Waals surface area contributed by atoms with Gasteiger partial charge in [-0.1, -0.05) is 0 Å². The van der Waals surface area contributed by atoms with E-state index in [1.807, 2.05) is 7.05 Å². The Kier molecular flexibility index (Phi) is 1.90. The molecule has 0 aliphatic heterocycles. The second-order valence-electron chi connectivity index (χ2n) is 2.85.